The molecular formula is C41H29N3. The molecule has 1 aliphatic carbocycles. The highest BCUT2D eigenvalue weighted by molar-refractivity contribution is 6.11. The quantitative estimate of drug-likeness (QED) is 0.214. The zero-order valence-electron chi connectivity index (χ0n) is 24.6. The van der Waals surface area contributed by atoms with Crippen LogP contribution in [0.1, 0.15) is 25.0 Å². The lowest BCUT2D eigenvalue weighted by Gasteiger charge is -2.21. The molecule has 44 heavy (non-hydrogen) atoms. The summed E-state index contributed by atoms with van der Waals surface area (Å²) in [5.41, 5.74) is 14.5. The number of para-hydroxylation sites is 1. The predicted molar refractivity (Wildman–Crippen MR) is 182 cm³/mol. The van der Waals surface area contributed by atoms with Crippen molar-refractivity contribution in [1.29, 1.82) is 0 Å². The van der Waals surface area contributed by atoms with Gasteiger partial charge in [-0.1, -0.05) is 117 Å². The molecule has 0 fully saturated rings. The summed E-state index contributed by atoms with van der Waals surface area (Å²) in [6.07, 6.45) is 0. The van der Waals surface area contributed by atoms with E-state index in [9.17, 15) is 0 Å². The molecule has 3 nitrogen and oxygen atoms in total. The van der Waals surface area contributed by atoms with Crippen LogP contribution < -0.4 is 0 Å². The minimum atomic E-state index is -0.0747. The van der Waals surface area contributed by atoms with Gasteiger partial charge < -0.3 is 4.57 Å². The van der Waals surface area contributed by atoms with E-state index >= 15 is 0 Å². The zero-order chi connectivity index (χ0) is 29.4. The van der Waals surface area contributed by atoms with Gasteiger partial charge in [0, 0.05) is 33.0 Å². The lowest BCUT2D eigenvalue weighted by molar-refractivity contribution is 0.661. The summed E-state index contributed by atoms with van der Waals surface area (Å²) >= 11 is 0. The average Bonchev–Trinajstić information content (AvgIpc) is 3.52. The number of hydrogen-bond donors (Lipinski definition) is 0. The third-order valence-corrected chi connectivity index (χ3v) is 9.38. The molecule has 2 aromatic heterocycles. The van der Waals surface area contributed by atoms with Gasteiger partial charge in [-0.05, 0) is 58.7 Å². The molecule has 0 atom stereocenters. The molecule has 3 heteroatoms. The molecule has 0 aliphatic heterocycles. The van der Waals surface area contributed by atoms with E-state index < -0.39 is 0 Å². The molecule has 8 aromatic rings. The van der Waals surface area contributed by atoms with Crippen molar-refractivity contribution in [2.24, 2.45) is 0 Å². The molecule has 0 spiro atoms. The van der Waals surface area contributed by atoms with Crippen molar-refractivity contribution in [3.63, 3.8) is 0 Å². The summed E-state index contributed by atoms with van der Waals surface area (Å²) < 4.78 is 2.40. The maximum atomic E-state index is 5.28. The van der Waals surface area contributed by atoms with Crippen LogP contribution in [0.5, 0.6) is 0 Å². The molecule has 6 aromatic carbocycles. The first-order valence-electron chi connectivity index (χ1n) is 15.2. The van der Waals surface area contributed by atoms with Gasteiger partial charge in [-0.3, -0.25) is 0 Å². The van der Waals surface area contributed by atoms with Crippen molar-refractivity contribution < 1.29 is 0 Å². The largest absolute Gasteiger partial charge is 0.309 e. The van der Waals surface area contributed by atoms with Gasteiger partial charge in [0.25, 0.3) is 0 Å². The number of fused-ring (bicyclic) bond motifs is 7. The average molecular weight is 564 g/mol. The van der Waals surface area contributed by atoms with Crippen molar-refractivity contribution in [3.05, 3.63) is 151 Å². The van der Waals surface area contributed by atoms with Gasteiger partial charge in [0.2, 0.25) is 0 Å². The SMILES string of the molecule is CC1(C)c2ccccc2-c2cc3c4ccccc4n(-c4ccc5nc(-c6ccccc6)c(-c6ccccc6)nc5c4)c3cc21. The number of rotatable bonds is 3. The van der Waals surface area contributed by atoms with Crippen LogP contribution >= 0.6 is 0 Å². The first kappa shape index (κ1) is 25.0. The lowest BCUT2D eigenvalue weighted by atomic mass is 9.82. The number of hydrogen-bond acceptors (Lipinski definition) is 2. The fourth-order valence-corrected chi connectivity index (χ4v) is 7.22. The second-order valence-electron chi connectivity index (χ2n) is 12.3. The lowest BCUT2D eigenvalue weighted by Crippen LogP contribution is -2.14. The van der Waals surface area contributed by atoms with Crippen LogP contribution in [0.2, 0.25) is 0 Å². The second kappa shape index (κ2) is 9.23. The molecule has 9 rings (SSSR count). The van der Waals surface area contributed by atoms with E-state index in [2.05, 4.69) is 146 Å². The number of aromatic nitrogens is 3. The van der Waals surface area contributed by atoms with Crippen LogP contribution in [0.25, 0.3) is 72.2 Å². The van der Waals surface area contributed by atoms with E-state index in [0.717, 1.165) is 39.2 Å². The highest BCUT2D eigenvalue weighted by Gasteiger charge is 2.36. The number of nitrogens with zero attached hydrogens (tertiary/aromatic N) is 3. The fourth-order valence-electron chi connectivity index (χ4n) is 7.22. The molecule has 0 radical (unpaired) electrons. The van der Waals surface area contributed by atoms with E-state index in [1.54, 1.807) is 0 Å². The molecule has 0 saturated carbocycles. The van der Waals surface area contributed by atoms with Crippen LogP contribution in [0.4, 0.5) is 0 Å². The first-order chi connectivity index (χ1) is 21.6. The highest BCUT2D eigenvalue weighted by atomic mass is 15.0. The van der Waals surface area contributed by atoms with Crippen molar-refractivity contribution in [3.8, 4) is 39.3 Å². The number of benzene rings is 6. The van der Waals surface area contributed by atoms with Crippen molar-refractivity contribution in [1.82, 2.24) is 14.5 Å². The van der Waals surface area contributed by atoms with Gasteiger partial charge in [-0.15, -0.1) is 0 Å². The summed E-state index contributed by atoms with van der Waals surface area (Å²) in [4.78, 5) is 10.5. The van der Waals surface area contributed by atoms with E-state index in [4.69, 9.17) is 9.97 Å². The molecule has 1 aliphatic rings. The normalized spacial score (nSPS) is 13.4. The monoisotopic (exact) mass is 563 g/mol. The Morgan fingerprint density at radius 2 is 1.11 bits per heavy atom. The summed E-state index contributed by atoms with van der Waals surface area (Å²) in [5.74, 6) is 0. The summed E-state index contributed by atoms with van der Waals surface area (Å²) in [7, 11) is 0. The van der Waals surface area contributed by atoms with Gasteiger partial charge in [0.05, 0.1) is 33.5 Å². The van der Waals surface area contributed by atoms with E-state index in [0.29, 0.717) is 0 Å². The van der Waals surface area contributed by atoms with Gasteiger partial charge in [0.1, 0.15) is 0 Å². The van der Waals surface area contributed by atoms with Gasteiger partial charge in [0.15, 0.2) is 0 Å². The van der Waals surface area contributed by atoms with Crippen LogP contribution in [0, 0.1) is 0 Å². The molecule has 208 valence electrons. The molecule has 2 heterocycles. The van der Waals surface area contributed by atoms with Gasteiger partial charge in [-0.2, -0.15) is 0 Å². The van der Waals surface area contributed by atoms with Gasteiger partial charge in [-0.25, -0.2) is 9.97 Å². The van der Waals surface area contributed by atoms with Crippen molar-refractivity contribution in [2.75, 3.05) is 0 Å². The predicted octanol–water partition coefficient (Wildman–Crippen LogP) is 10.4. The Hall–Kier alpha value is -5.54. The summed E-state index contributed by atoms with van der Waals surface area (Å²) in [6, 6.07) is 49.7. The maximum Gasteiger partial charge on any atom is 0.0973 e. The van der Waals surface area contributed by atoms with E-state index in [-0.39, 0.29) is 5.41 Å². The molecule has 0 bridgehead atoms. The van der Waals surface area contributed by atoms with Gasteiger partial charge >= 0.3 is 0 Å². The maximum absolute atomic E-state index is 5.28. The summed E-state index contributed by atoms with van der Waals surface area (Å²) in [5, 5.41) is 2.52. The minimum Gasteiger partial charge on any atom is -0.309 e. The van der Waals surface area contributed by atoms with Crippen LogP contribution in [0.3, 0.4) is 0 Å². The van der Waals surface area contributed by atoms with Crippen molar-refractivity contribution in [2.45, 2.75) is 19.3 Å². The van der Waals surface area contributed by atoms with Crippen LogP contribution in [-0.2, 0) is 5.41 Å². The topological polar surface area (TPSA) is 30.7 Å². The Morgan fingerprint density at radius 1 is 0.477 bits per heavy atom. The smallest absolute Gasteiger partial charge is 0.0973 e. The Bertz CT molecular complexity index is 2400. The Kier molecular flexibility index (Phi) is 5.24. The van der Waals surface area contributed by atoms with E-state index in [1.165, 1.54) is 44.1 Å². The standard InChI is InChI=1S/C41H29N3/c1-41(2)33-19-11-9-17-29(33)31-24-32-30-18-10-12-20-37(30)44(38(32)25-34(31)41)28-21-22-35-36(23-28)43-40(27-15-7-4-8-16-27)39(42-35)26-13-5-3-6-14-26/h3-25H,1-2H3. The zero-order valence-corrected chi connectivity index (χ0v) is 24.6. The third kappa shape index (κ3) is 3.56. The third-order valence-electron chi connectivity index (χ3n) is 9.38. The highest BCUT2D eigenvalue weighted by Crippen LogP contribution is 2.51. The summed E-state index contributed by atoms with van der Waals surface area (Å²) in [6.45, 7) is 4.69. The first-order valence-corrected chi connectivity index (χ1v) is 15.2. The molecule has 0 saturated heterocycles. The molecular weight excluding hydrogens is 534 g/mol. The van der Waals surface area contributed by atoms with Crippen molar-refractivity contribution >= 4 is 32.8 Å². The van der Waals surface area contributed by atoms with E-state index in [1.807, 2.05) is 12.1 Å². The van der Waals surface area contributed by atoms with Crippen LogP contribution in [0.15, 0.2) is 140 Å². The molecule has 0 amide bonds. The minimum absolute atomic E-state index is 0.0747. The Morgan fingerprint density at radius 3 is 1.86 bits per heavy atom. The Balaban J connectivity index is 1.31. The Labute approximate surface area is 256 Å². The van der Waals surface area contributed by atoms with Crippen LogP contribution in [-0.4, -0.2) is 14.5 Å². The molecule has 0 N–H and O–H groups in total. The molecule has 0 unspecified atom stereocenters. The fraction of sp³-hybridized carbons (Fsp3) is 0.0732. The second-order valence-corrected chi connectivity index (χ2v) is 12.3.